The molecule has 0 N–H and O–H groups in total. The van der Waals surface area contributed by atoms with Gasteiger partial charge in [0.15, 0.2) is 0 Å². The van der Waals surface area contributed by atoms with Crippen LogP contribution in [0.25, 0.3) is 0 Å². The maximum absolute atomic E-state index is 12.0. The van der Waals surface area contributed by atoms with Crippen molar-refractivity contribution in [3.63, 3.8) is 0 Å². The van der Waals surface area contributed by atoms with E-state index in [4.69, 9.17) is 14.2 Å². The second kappa shape index (κ2) is 16.6. The van der Waals surface area contributed by atoms with Crippen LogP contribution in [0.15, 0.2) is 78.9 Å². The summed E-state index contributed by atoms with van der Waals surface area (Å²) in [6.45, 7) is 1.82. The van der Waals surface area contributed by atoms with Crippen molar-refractivity contribution in [1.29, 1.82) is 0 Å². The van der Waals surface area contributed by atoms with Crippen molar-refractivity contribution in [2.24, 2.45) is 0 Å². The van der Waals surface area contributed by atoms with Gasteiger partial charge in [-0.25, -0.2) is 0 Å². The Balaban J connectivity index is 1.12. The maximum atomic E-state index is 12.0. The number of ether oxygens (including phenoxy) is 3. The number of hydrogen-bond acceptors (Lipinski definition) is 4. The molecule has 5 nitrogen and oxygen atoms in total. The van der Waals surface area contributed by atoms with Gasteiger partial charge in [0.2, 0.25) is 0 Å². The summed E-state index contributed by atoms with van der Waals surface area (Å²) < 4.78 is 17.9. The fourth-order valence-electron chi connectivity index (χ4n) is 4.28. The van der Waals surface area contributed by atoms with Gasteiger partial charge in [0.05, 0.1) is 34.4 Å². The molecule has 0 spiro atoms. The van der Waals surface area contributed by atoms with Gasteiger partial charge in [0.25, 0.3) is 0 Å². The van der Waals surface area contributed by atoms with Crippen molar-refractivity contribution in [2.75, 3.05) is 34.4 Å². The van der Waals surface area contributed by atoms with Crippen LogP contribution < -0.4 is 14.0 Å². The van der Waals surface area contributed by atoms with Crippen LogP contribution in [0.4, 0.5) is 5.69 Å². The zero-order chi connectivity index (χ0) is 27.8. The standard InChI is InChI=1S/C34H46NO4/c1-35(2,3)31-20-18-29(19-21-31)16-13-17-34(36)38-27-12-7-5-4-6-11-26-37-32-22-24-33(25-23-32)39-28-30-14-9-8-10-15-30/h8-10,14-15,18-25H,4-7,11-13,16-17,26-28H2,1-3H3/q+1. The van der Waals surface area contributed by atoms with Crippen LogP contribution in [-0.2, 0) is 22.6 Å². The van der Waals surface area contributed by atoms with E-state index in [0.717, 1.165) is 73.1 Å². The first-order valence-corrected chi connectivity index (χ1v) is 14.4. The highest BCUT2D eigenvalue weighted by Gasteiger charge is 2.11. The molecule has 0 saturated carbocycles. The van der Waals surface area contributed by atoms with Crippen molar-refractivity contribution in [1.82, 2.24) is 4.48 Å². The summed E-state index contributed by atoms with van der Waals surface area (Å²) in [5.41, 5.74) is 3.70. The lowest BCUT2D eigenvalue weighted by Crippen LogP contribution is -2.34. The molecule has 0 radical (unpaired) electrons. The lowest BCUT2D eigenvalue weighted by molar-refractivity contribution is -0.143. The molecule has 0 heterocycles. The Morgan fingerprint density at radius 2 is 1.21 bits per heavy atom. The predicted octanol–water partition coefficient (Wildman–Crippen LogP) is 7.75. The van der Waals surface area contributed by atoms with Crippen LogP contribution in [0.5, 0.6) is 11.5 Å². The second-order valence-electron chi connectivity index (χ2n) is 11.0. The summed E-state index contributed by atoms with van der Waals surface area (Å²) in [5.74, 6) is 1.64. The number of quaternary nitrogens is 1. The Kier molecular flexibility index (Phi) is 12.9. The normalized spacial score (nSPS) is 11.3. The van der Waals surface area contributed by atoms with Crippen LogP contribution in [-0.4, -0.2) is 40.3 Å². The Hall–Kier alpha value is -3.31. The molecule has 0 amide bonds. The Labute approximate surface area is 235 Å². The van der Waals surface area contributed by atoms with Crippen LogP contribution >= 0.6 is 0 Å². The number of carbonyl (C=O) groups excluding carboxylic acids is 1. The number of hydrogen-bond donors (Lipinski definition) is 0. The molecule has 0 unspecified atom stereocenters. The van der Waals surface area contributed by atoms with Gasteiger partial charge >= 0.3 is 5.97 Å². The molecular formula is C34H46NO4+. The molecule has 0 atom stereocenters. The third-order valence-electron chi connectivity index (χ3n) is 6.70. The largest absolute Gasteiger partial charge is 0.494 e. The topological polar surface area (TPSA) is 44.8 Å². The first-order valence-electron chi connectivity index (χ1n) is 14.4. The first kappa shape index (κ1) is 30.2. The van der Waals surface area contributed by atoms with Crippen molar-refractivity contribution in [3.05, 3.63) is 90.0 Å². The molecule has 0 aliphatic heterocycles. The van der Waals surface area contributed by atoms with E-state index in [1.54, 1.807) is 0 Å². The minimum atomic E-state index is -0.0779. The third-order valence-corrected chi connectivity index (χ3v) is 6.70. The number of aryl methyl sites for hydroxylation is 1. The van der Waals surface area contributed by atoms with E-state index in [1.807, 2.05) is 42.5 Å². The minimum Gasteiger partial charge on any atom is -0.494 e. The smallest absolute Gasteiger partial charge is 0.305 e. The molecule has 0 fully saturated rings. The highest BCUT2D eigenvalue weighted by molar-refractivity contribution is 5.69. The molecule has 0 aromatic heterocycles. The zero-order valence-corrected chi connectivity index (χ0v) is 24.1. The molecule has 3 rings (SSSR count). The number of rotatable bonds is 18. The summed E-state index contributed by atoms with van der Waals surface area (Å²) in [5, 5.41) is 0. The van der Waals surface area contributed by atoms with E-state index >= 15 is 0 Å². The predicted molar refractivity (Wildman–Crippen MR) is 160 cm³/mol. The van der Waals surface area contributed by atoms with Gasteiger partial charge in [-0.2, -0.15) is 0 Å². The molecule has 39 heavy (non-hydrogen) atoms. The molecule has 0 bridgehead atoms. The molecule has 0 aliphatic rings. The molecule has 0 saturated heterocycles. The Morgan fingerprint density at radius 3 is 1.85 bits per heavy atom. The van der Waals surface area contributed by atoms with E-state index in [2.05, 4.69) is 57.5 Å². The third kappa shape index (κ3) is 12.4. The SMILES string of the molecule is C[N+](C)(C)c1ccc(CCCC(=O)OCCCCCCCCOc2ccc(OCc3ccccc3)cc2)cc1. The number of nitrogens with zero attached hydrogens (tertiary/aromatic N) is 1. The van der Waals surface area contributed by atoms with Crippen LogP contribution in [0.1, 0.15) is 62.5 Å². The van der Waals surface area contributed by atoms with Crippen LogP contribution in [0.3, 0.4) is 0 Å². The molecule has 0 aliphatic carbocycles. The molecule has 3 aromatic carbocycles. The number of unbranched alkanes of at least 4 members (excludes halogenated alkanes) is 5. The highest BCUT2D eigenvalue weighted by Crippen LogP contribution is 2.20. The fraction of sp³-hybridized carbons (Fsp3) is 0.441. The van der Waals surface area contributed by atoms with Gasteiger partial charge in [-0.1, -0.05) is 68.1 Å². The fourth-order valence-corrected chi connectivity index (χ4v) is 4.28. The van der Waals surface area contributed by atoms with E-state index in [1.165, 1.54) is 17.7 Å². The number of carbonyl (C=O) groups is 1. The van der Waals surface area contributed by atoms with Gasteiger partial charge in [0, 0.05) is 6.42 Å². The lowest BCUT2D eigenvalue weighted by Gasteiger charge is -2.23. The number of esters is 1. The van der Waals surface area contributed by atoms with Crippen molar-refractivity contribution in [3.8, 4) is 11.5 Å². The van der Waals surface area contributed by atoms with Crippen LogP contribution in [0, 0.1) is 0 Å². The van der Waals surface area contributed by atoms with Crippen molar-refractivity contribution in [2.45, 2.75) is 64.4 Å². The summed E-state index contributed by atoms with van der Waals surface area (Å²) in [4.78, 5) is 12.0. The Bertz CT molecular complexity index is 1070. The lowest BCUT2D eigenvalue weighted by atomic mass is 10.1. The van der Waals surface area contributed by atoms with E-state index in [9.17, 15) is 4.79 Å². The molecular weight excluding hydrogens is 486 g/mol. The summed E-state index contributed by atoms with van der Waals surface area (Å²) >= 11 is 0. The van der Waals surface area contributed by atoms with Crippen molar-refractivity contribution >= 4 is 11.7 Å². The summed E-state index contributed by atoms with van der Waals surface area (Å²) in [6.07, 6.45) is 8.78. The molecule has 210 valence electrons. The summed E-state index contributed by atoms with van der Waals surface area (Å²) in [7, 11) is 6.48. The quantitative estimate of drug-likeness (QED) is 0.0954. The minimum absolute atomic E-state index is 0.0779. The maximum Gasteiger partial charge on any atom is 0.305 e. The molecule has 5 heteroatoms. The van der Waals surface area contributed by atoms with E-state index < -0.39 is 0 Å². The summed E-state index contributed by atoms with van der Waals surface area (Å²) in [6, 6.07) is 26.7. The zero-order valence-electron chi connectivity index (χ0n) is 24.1. The number of benzene rings is 3. The van der Waals surface area contributed by atoms with E-state index in [-0.39, 0.29) is 5.97 Å². The van der Waals surface area contributed by atoms with Gasteiger partial charge in [-0.3, -0.25) is 9.28 Å². The Morgan fingerprint density at radius 1 is 0.615 bits per heavy atom. The van der Waals surface area contributed by atoms with E-state index in [0.29, 0.717) is 19.6 Å². The van der Waals surface area contributed by atoms with Gasteiger partial charge in [-0.05, 0) is 73.2 Å². The monoisotopic (exact) mass is 532 g/mol. The van der Waals surface area contributed by atoms with Crippen LogP contribution in [0.2, 0.25) is 0 Å². The highest BCUT2D eigenvalue weighted by atomic mass is 16.5. The van der Waals surface area contributed by atoms with Gasteiger partial charge < -0.3 is 14.2 Å². The van der Waals surface area contributed by atoms with Gasteiger partial charge in [-0.15, -0.1) is 0 Å². The molecule has 3 aromatic rings. The second-order valence-corrected chi connectivity index (χ2v) is 11.0. The first-order chi connectivity index (χ1) is 18.9. The average molecular weight is 533 g/mol. The average Bonchev–Trinajstić information content (AvgIpc) is 2.94. The van der Waals surface area contributed by atoms with Gasteiger partial charge in [0.1, 0.15) is 23.8 Å². The van der Waals surface area contributed by atoms with Crippen molar-refractivity contribution < 1.29 is 19.0 Å².